The van der Waals surface area contributed by atoms with Crippen LogP contribution in [0.1, 0.15) is 12.8 Å². The van der Waals surface area contributed by atoms with Crippen LogP contribution in [-0.4, -0.2) is 55.3 Å². The van der Waals surface area contributed by atoms with Crippen LogP contribution in [0.25, 0.3) is 0 Å². The Morgan fingerprint density at radius 1 is 1.20 bits per heavy atom. The molecule has 2 aliphatic rings. The third kappa shape index (κ3) is 3.21. The molecule has 7 heteroatoms. The fourth-order valence-electron chi connectivity index (χ4n) is 2.50. The smallest absolute Gasteiger partial charge is 0.244 e. The lowest BCUT2D eigenvalue weighted by Crippen LogP contribution is -2.49. The largest absolute Gasteiger partial charge is 0.300 e. The molecule has 0 bridgehead atoms. The highest BCUT2D eigenvalue weighted by molar-refractivity contribution is 9.10. The molecule has 1 aromatic rings. The highest BCUT2D eigenvalue weighted by atomic mass is 79.9. The summed E-state index contributed by atoms with van der Waals surface area (Å²) in [7, 11) is -3.41. The predicted octanol–water partition coefficient (Wildman–Crippen LogP) is 1.56. The van der Waals surface area contributed by atoms with E-state index in [4.69, 9.17) is 0 Å². The van der Waals surface area contributed by atoms with Crippen LogP contribution in [0.3, 0.4) is 0 Å². The molecule has 1 aliphatic carbocycles. The molecule has 0 amide bonds. The van der Waals surface area contributed by atoms with Gasteiger partial charge in [-0.25, -0.2) is 8.42 Å². The second-order valence-corrected chi connectivity index (χ2v) is 8.34. The van der Waals surface area contributed by atoms with Gasteiger partial charge in [-0.1, -0.05) is 0 Å². The predicted molar refractivity (Wildman–Crippen MR) is 79.9 cm³/mol. The van der Waals surface area contributed by atoms with E-state index >= 15 is 0 Å². The van der Waals surface area contributed by atoms with Crippen molar-refractivity contribution in [1.29, 1.82) is 0 Å². The van der Waals surface area contributed by atoms with Gasteiger partial charge in [0.2, 0.25) is 10.0 Å². The Hall–Kier alpha value is -0.500. The van der Waals surface area contributed by atoms with Crippen molar-refractivity contribution in [2.45, 2.75) is 17.7 Å². The summed E-state index contributed by atoms with van der Waals surface area (Å²) in [5.74, 6) is 0.854. The highest BCUT2D eigenvalue weighted by Crippen LogP contribution is 2.30. The second-order valence-electron chi connectivity index (χ2n) is 5.49. The number of pyridine rings is 1. The summed E-state index contributed by atoms with van der Waals surface area (Å²) in [6.07, 6.45) is 5.67. The Morgan fingerprint density at radius 2 is 1.90 bits per heavy atom. The van der Waals surface area contributed by atoms with Crippen molar-refractivity contribution in [1.82, 2.24) is 14.2 Å². The first-order valence-electron chi connectivity index (χ1n) is 6.89. The molecule has 2 fully saturated rings. The molecule has 1 aromatic heterocycles. The van der Waals surface area contributed by atoms with Gasteiger partial charge in [0.05, 0.1) is 0 Å². The lowest BCUT2D eigenvalue weighted by atomic mass is 10.3. The topological polar surface area (TPSA) is 53.5 Å². The lowest BCUT2D eigenvalue weighted by Gasteiger charge is -2.33. The molecule has 0 N–H and O–H groups in total. The molecule has 110 valence electrons. The zero-order chi connectivity index (χ0) is 14.2. The van der Waals surface area contributed by atoms with E-state index < -0.39 is 10.0 Å². The Labute approximate surface area is 128 Å². The van der Waals surface area contributed by atoms with E-state index in [-0.39, 0.29) is 4.90 Å². The Morgan fingerprint density at radius 3 is 2.50 bits per heavy atom. The summed E-state index contributed by atoms with van der Waals surface area (Å²) < 4.78 is 27.3. The number of aromatic nitrogens is 1. The van der Waals surface area contributed by atoms with E-state index in [2.05, 4.69) is 25.8 Å². The van der Waals surface area contributed by atoms with Crippen molar-refractivity contribution in [3.05, 3.63) is 22.9 Å². The molecule has 3 rings (SSSR count). The Bertz CT molecular complexity index is 581. The zero-order valence-corrected chi connectivity index (χ0v) is 13.6. The molecule has 0 radical (unpaired) electrons. The Balaban J connectivity index is 1.66. The molecule has 1 aliphatic heterocycles. The van der Waals surface area contributed by atoms with Gasteiger partial charge >= 0.3 is 0 Å². The molecule has 20 heavy (non-hydrogen) atoms. The minimum Gasteiger partial charge on any atom is -0.300 e. The van der Waals surface area contributed by atoms with Crippen molar-refractivity contribution in [3.63, 3.8) is 0 Å². The second kappa shape index (κ2) is 5.71. The maximum absolute atomic E-state index is 12.5. The first-order valence-corrected chi connectivity index (χ1v) is 9.12. The molecule has 0 spiro atoms. The first-order chi connectivity index (χ1) is 9.55. The minimum atomic E-state index is -3.41. The van der Waals surface area contributed by atoms with Crippen LogP contribution < -0.4 is 0 Å². The molecule has 2 heterocycles. The van der Waals surface area contributed by atoms with Gasteiger partial charge < -0.3 is 4.90 Å². The number of piperazine rings is 1. The maximum atomic E-state index is 12.5. The summed E-state index contributed by atoms with van der Waals surface area (Å²) in [5.41, 5.74) is 0. The van der Waals surface area contributed by atoms with Gasteiger partial charge in [0.25, 0.3) is 0 Å². The molecule has 1 saturated heterocycles. The van der Waals surface area contributed by atoms with Gasteiger partial charge in [-0.05, 0) is 40.8 Å². The van der Waals surface area contributed by atoms with Gasteiger partial charge in [-0.2, -0.15) is 4.31 Å². The van der Waals surface area contributed by atoms with Crippen LogP contribution in [0.5, 0.6) is 0 Å². The number of nitrogens with zero attached hydrogens (tertiary/aromatic N) is 3. The number of hydrogen-bond donors (Lipinski definition) is 0. The van der Waals surface area contributed by atoms with Crippen molar-refractivity contribution in [3.8, 4) is 0 Å². The quantitative estimate of drug-likeness (QED) is 0.818. The van der Waals surface area contributed by atoms with Crippen LogP contribution in [0, 0.1) is 5.92 Å². The minimum absolute atomic E-state index is 0.266. The van der Waals surface area contributed by atoms with Crippen LogP contribution >= 0.6 is 15.9 Å². The standard InChI is InChI=1S/C13H18BrN3O2S/c14-12-7-13(9-15-8-12)20(18,19)17-5-3-16(4-6-17)10-11-1-2-11/h7-9,11H,1-6,10H2. The monoisotopic (exact) mass is 359 g/mol. The fourth-order valence-corrected chi connectivity index (χ4v) is 4.43. The first kappa shape index (κ1) is 14.4. The summed E-state index contributed by atoms with van der Waals surface area (Å²) in [4.78, 5) is 6.59. The molecular weight excluding hydrogens is 342 g/mol. The SMILES string of the molecule is O=S(=O)(c1cncc(Br)c1)N1CCN(CC2CC2)CC1. The molecule has 0 atom stereocenters. The average molecular weight is 360 g/mol. The van der Waals surface area contributed by atoms with E-state index in [1.54, 1.807) is 16.6 Å². The maximum Gasteiger partial charge on any atom is 0.244 e. The van der Waals surface area contributed by atoms with Crippen LogP contribution in [0.4, 0.5) is 0 Å². The van der Waals surface area contributed by atoms with Gasteiger partial charge in [0.15, 0.2) is 0 Å². The lowest BCUT2D eigenvalue weighted by molar-refractivity contribution is 0.182. The van der Waals surface area contributed by atoms with Crippen LogP contribution in [-0.2, 0) is 10.0 Å². The van der Waals surface area contributed by atoms with E-state index in [0.717, 1.165) is 25.6 Å². The van der Waals surface area contributed by atoms with E-state index in [0.29, 0.717) is 17.6 Å². The fraction of sp³-hybridized carbons (Fsp3) is 0.615. The number of hydrogen-bond acceptors (Lipinski definition) is 4. The molecule has 0 unspecified atom stereocenters. The van der Waals surface area contributed by atoms with Gasteiger partial charge in [0, 0.05) is 49.6 Å². The van der Waals surface area contributed by atoms with E-state index in [1.165, 1.54) is 19.0 Å². The van der Waals surface area contributed by atoms with Crippen molar-refractivity contribution >= 4 is 26.0 Å². The number of rotatable bonds is 4. The third-order valence-electron chi connectivity index (χ3n) is 3.86. The molecule has 5 nitrogen and oxygen atoms in total. The average Bonchev–Trinajstić information content (AvgIpc) is 3.23. The summed E-state index contributed by atoms with van der Waals surface area (Å²) in [5, 5.41) is 0. The molecule has 1 saturated carbocycles. The summed E-state index contributed by atoms with van der Waals surface area (Å²) in [6, 6.07) is 1.61. The number of halogens is 1. The Kier molecular flexibility index (Phi) is 4.12. The zero-order valence-electron chi connectivity index (χ0n) is 11.2. The van der Waals surface area contributed by atoms with Crippen molar-refractivity contribution in [2.24, 2.45) is 5.92 Å². The van der Waals surface area contributed by atoms with Crippen LogP contribution in [0.15, 0.2) is 27.8 Å². The number of sulfonamides is 1. The third-order valence-corrected chi connectivity index (χ3v) is 6.16. The van der Waals surface area contributed by atoms with Gasteiger partial charge in [0.1, 0.15) is 4.90 Å². The summed E-state index contributed by atoms with van der Waals surface area (Å²) >= 11 is 3.27. The van der Waals surface area contributed by atoms with Crippen molar-refractivity contribution < 1.29 is 8.42 Å². The van der Waals surface area contributed by atoms with Gasteiger partial charge in [-0.15, -0.1) is 0 Å². The van der Waals surface area contributed by atoms with Crippen LogP contribution in [0.2, 0.25) is 0 Å². The van der Waals surface area contributed by atoms with Crippen molar-refractivity contribution in [2.75, 3.05) is 32.7 Å². The highest BCUT2D eigenvalue weighted by Gasteiger charge is 2.31. The van der Waals surface area contributed by atoms with E-state index in [9.17, 15) is 8.42 Å². The normalized spacial score (nSPS) is 22.1. The molecule has 0 aromatic carbocycles. The van der Waals surface area contributed by atoms with E-state index in [1.807, 2.05) is 0 Å². The summed E-state index contributed by atoms with van der Waals surface area (Å²) in [6.45, 7) is 3.93. The van der Waals surface area contributed by atoms with Gasteiger partial charge in [-0.3, -0.25) is 4.98 Å². The molecular formula is C13H18BrN3O2S.